The molecule has 0 atom stereocenters. The van der Waals surface area contributed by atoms with Crippen molar-refractivity contribution in [1.82, 2.24) is 9.80 Å². The van der Waals surface area contributed by atoms with Crippen LogP contribution in [0.4, 0.5) is 5.69 Å². The normalized spacial score (nSPS) is 15.1. The molecular weight excluding hydrogens is 470 g/mol. The Morgan fingerprint density at radius 1 is 0.912 bits per heavy atom. The van der Waals surface area contributed by atoms with Gasteiger partial charge in [-0.2, -0.15) is 0 Å². The van der Waals surface area contributed by atoms with Crippen molar-refractivity contribution in [3.63, 3.8) is 0 Å². The summed E-state index contributed by atoms with van der Waals surface area (Å²) in [7, 11) is -2.27. The first-order valence-corrected chi connectivity index (χ1v) is 13.1. The molecule has 1 fully saturated rings. The summed E-state index contributed by atoms with van der Waals surface area (Å²) in [6.45, 7) is 3.68. The van der Waals surface area contributed by atoms with Crippen molar-refractivity contribution in [1.29, 1.82) is 0 Å². The number of para-hydroxylation sites is 1. The third-order valence-corrected chi connectivity index (χ3v) is 8.09. The Kier molecular flexibility index (Phi) is 7.56. The fourth-order valence-corrected chi connectivity index (χ4v) is 5.46. The van der Waals surface area contributed by atoms with Gasteiger partial charge in [-0.25, -0.2) is 8.42 Å². The van der Waals surface area contributed by atoms with Crippen LogP contribution in [-0.4, -0.2) is 57.4 Å². The second-order valence-electron chi connectivity index (χ2n) is 8.38. The van der Waals surface area contributed by atoms with Crippen molar-refractivity contribution in [3.8, 4) is 0 Å². The molecule has 0 saturated carbocycles. The lowest BCUT2D eigenvalue weighted by Crippen LogP contribution is -2.35. The van der Waals surface area contributed by atoms with Gasteiger partial charge in [-0.15, -0.1) is 0 Å². The Hall–Kier alpha value is -2.87. The second-order valence-corrected chi connectivity index (χ2v) is 10.8. The Morgan fingerprint density at radius 3 is 2.38 bits per heavy atom. The van der Waals surface area contributed by atoms with Crippen molar-refractivity contribution in [2.24, 2.45) is 0 Å². The van der Waals surface area contributed by atoms with Crippen LogP contribution in [0.5, 0.6) is 0 Å². The first-order chi connectivity index (χ1) is 16.3. The highest BCUT2D eigenvalue weighted by Gasteiger charge is 2.25. The summed E-state index contributed by atoms with van der Waals surface area (Å²) in [4.78, 5) is 17.5. The van der Waals surface area contributed by atoms with E-state index < -0.39 is 10.0 Å². The van der Waals surface area contributed by atoms with Gasteiger partial charge < -0.3 is 4.90 Å². The minimum atomic E-state index is -3.79. The highest BCUT2D eigenvalue weighted by atomic mass is 35.5. The van der Waals surface area contributed by atoms with E-state index in [-0.39, 0.29) is 10.8 Å². The summed E-state index contributed by atoms with van der Waals surface area (Å²) in [5.41, 5.74) is 2.13. The molecule has 1 saturated heterocycles. The Labute approximate surface area is 206 Å². The van der Waals surface area contributed by atoms with Crippen LogP contribution in [-0.2, 0) is 16.6 Å². The maximum absolute atomic E-state index is 13.3. The maximum Gasteiger partial charge on any atom is 0.264 e. The molecule has 1 aliphatic heterocycles. The Balaban J connectivity index is 1.45. The predicted molar refractivity (Wildman–Crippen MR) is 136 cm³/mol. The van der Waals surface area contributed by atoms with Crippen molar-refractivity contribution >= 4 is 33.2 Å². The molecule has 0 bridgehead atoms. The van der Waals surface area contributed by atoms with Gasteiger partial charge in [-0.3, -0.25) is 14.0 Å². The third-order valence-electron chi connectivity index (χ3n) is 6.05. The van der Waals surface area contributed by atoms with Crippen molar-refractivity contribution in [2.45, 2.75) is 17.9 Å². The minimum absolute atomic E-state index is 0.101. The van der Waals surface area contributed by atoms with E-state index in [9.17, 15) is 13.2 Å². The number of nitrogens with zero attached hydrogens (tertiary/aromatic N) is 3. The summed E-state index contributed by atoms with van der Waals surface area (Å²) in [5.74, 6) is -0.146. The lowest BCUT2D eigenvalue weighted by Gasteiger charge is -2.23. The topological polar surface area (TPSA) is 60.9 Å². The number of amides is 1. The summed E-state index contributed by atoms with van der Waals surface area (Å²) in [6, 6.07) is 23.0. The monoisotopic (exact) mass is 497 g/mol. The molecule has 0 unspecified atom stereocenters. The molecule has 34 heavy (non-hydrogen) atoms. The molecule has 8 heteroatoms. The number of benzene rings is 3. The lowest BCUT2D eigenvalue weighted by molar-refractivity contribution is 0.0761. The molecule has 4 rings (SSSR count). The summed E-state index contributed by atoms with van der Waals surface area (Å²) in [6.07, 6.45) is 0.855. The van der Waals surface area contributed by atoms with E-state index in [0.717, 1.165) is 31.1 Å². The van der Waals surface area contributed by atoms with E-state index in [1.807, 2.05) is 35.2 Å². The van der Waals surface area contributed by atoms with E-state index in [2.05, 4.69) is 4.90 Å². The highest BCUT2D eigenvalue weighted by molar-refractivity contribution is 7.92. The molecule has 1 amide bonds. The number of carbonyl (C=O) groups excluding carboxylic acids is 1. The molecule has 0 aromatic heterocycles. The standard InChI is InChI=1S/C26H28ClN3O3S/c1-28(24-8-3-2-4-9-24)34(32,33)25-10-5-7-22(19-25)26(31)30-16-6-15-29(17-18-30)20-21-11-13-23(27)14-12-21/h2-5,7-14,19H,6,15-18,20H2,1H3. The van der Waals surface area contributed by atoms with E-state index in [1.54, 1.807) is 36.4 Å². The van der Waals surface area contributed by atoms with Crippen LogP contribution in [0.3, 0.4) is 0 Å². The Bertz CT molecular complexity index is 1230. The molecule has 0 aliphatic carbocycles. The van der Waals surface area contributed by atoms with Crippen molar-refractivity contribution in [2.75, 3.05) is 37.5 Å². The highest BCUT2D eigenvalue weighted by Crippen LogP contribution is 2.23. The van der Waals surface area contributed by atoms with Crippen LogP contribution in [0, 0.1) is 0 Å². The number of hydrogen-bond acceptors (Lipinski definition) is 4. The molecule has 178 valence electrons. The number of anilines is 1. The minimum Gasteiger partial charge on any atom is -0.337 e. The number of sulfonamides is 1. The molecule has 1 heterocycles. The van der Waals surface area contributed by atoms with Crippen LogP contribution in [0.15, 0.2) is 83.8 Å². The maximum atomic E-state index is 13.3. The number of halogens is 1. The average Bonchev–Trinajstić information content (AvgIpc) is 3.10. The van der Waals surface area contributed by atoms with Crippen LogP contribution < -0.4 is 4.31 Å². The summed E-state index contributed by atoms with van der Waals surface area (Å²) >= 11 is 5.98. The fraction of sp³-hybridized carbons (Fsp3) is 0.269. The third kappa shape index (κ3) is 5.60. The molecule has 1 aliphatic rings. The first kappa shape index (κ1) is 24.3. The van der Waals surface area contributed by atoms with Crippen LogP contribution in [0.25, 0.3) is 0 Å². The number of hydrogen-bond donors (Lipinski definition) is 0. The molecule has 0 spiro atoms. The number of carbonyl (C=O) groups is 1. The summed E-state index contributed by atoms with van der Waals surface area (Å²) in [5, 5.41) is 0.718. The van der Waals surface area contributed by atoms with Crippen LogP contribution >= 0.6 is 11.6 Å². The smallest absolute Gasteiger partial charge is 0.264 e. The van der Waals surface area contributed by atoms with E-state index in [0.29, 0.717) is 24.3 Å². The molecule has 6 nitrogen and oxygen atoms in total. The second kappa shape index (κ2) is 10.6. The molecule has 0 N–H and O–H groups in total. The first-order valence-electron chi connectivity index (χ1n) is 11.2. The Morgan fingerprint density at radius 2 is 1.65 bits per heavy atom. The number of rotatable bonds is 6. The van der Waals surface area contributed by atoms with Crippen molar-refractivity contribution in [3.05, 3.63) is 95.0 Å². The van der Waals surface area contributed by atoms with E-state index in [1.165, 1.54) is 29.0 Å². The lowest BCUT2D eigenvalue weighted by atomic mass is 10.2. The van der Waals surface area contributed by atoms with Crippen molar-refractivity contribution < 1.29 is 13.2 Å². The molecule has 3 aromatic rings. The van der Waals surface area contributed by atoms with Gasteiger partial charge in [-0.05, 0) is 54.4 Å². The van der Waals surface area contributed by atoms with Crippen LogP contribution in [0.2, 0.25) is 5.02 Å². The molecule has 0 radical (unpaired) electrons. The average molecular weight is 498 g/mol. The zero-order chi connectivity index (χ0) is 24.1. The SMILES string of the molecule is CN(c1ccccc1)S(=O)(=O)c1cccc(C(=O)N2CCCN(Cc3ccc(Cl)cc3)CC2)c1. The fourth-order valence-electron chi connectivity index (χ4n) is 4.09. The van der Waals surface area contributed by atoms with E-state index in [4.69, 9.17) is 11.6 Å². The van der Waals surface area contributed by atoms with Crippen LogP contribution in [0.1, 0.15) is 22.3 Å². The van der Waals surface area contributed by atoms with E-state index >= 15 is 0 Å². The zero-order valence-electron chi connectivity index (χ0n) is 19.1. The zero-order valence-corrected chi connectivity index (χ0v) is 20.7. The van der Waals surface area contributed by atoms with Gasteiger partial charge in [-0.1, -0.05) is 48.0 Å². The van der Waals surface area contributed by atoms with Gasteiger partial charge in [0.05, 0.1) is 10.6 Å². The van der Waals surface area contributed by atoms with Gasteiger partial charge >= 0.3 is 0 Å². The van der Waals surface area contributed by atoms with Gasteiger partial charge in [0.15, 0.2) is 0 Å². The molecule has 3 aromatic carbocycles. The largest absolute Gasteiger partial charge is 0.337 e. The molecular formula is C26H28ClN3O3S. The van der Waals surface area contributed by atoms with Gasteiger partial charge in [0.25, 0.3) is 15.9 Å². The van der Waals surface area contributed by atoms with Gasteiger partial charge in [0.2, 0.25) is 0 Å². The predicted octanol–water partition coefficient (Wildman–Crippen LogP) is 4.51. The quantitative estimate of drug-likeness (QED) is 0.502. The summed E-state index contributed by atoms with van der Waals surface area (Å²) < 4.78 is 27.6. The van der Waals surface area contributed by atoms with Gasteiger partial charge in [0.1, 0.15) is 0 Å². The van der Waals surface area contributed by atoms with Gasteiger partial charge in [0, 0.05) is 50.4 Å².